The van der Waals surface area contributed by atoms with Crippen molar-refractivity contribution in [3.05, 3.63) is 0 Å². The lowest BCUT2D eigenvalue weighted by molar-refractivity contribution is 0.594. The minimum Gasteiger partial charge on any atom is -0.460 e. The third-order valence-corrected chi connectivity index (χ3v) is 6.35. The summed E-state index contributed by atoms with van der Waals surface area (Å²) in [7, 11) is -0.474. The van der Waals surface area contributed by atoms with Crippen LogP contribution in [0.3, 0.4) is 0 Å². The first-order valence-corrected chi connectivity index (χ1v) is 8.02. The monoisotopic (exact) mass is 173 g/mol. The van der Waals surface area contributed by atoms with E-state index < -0.39 is 0 Å². The van der Waals surface area contributed by atoms with Gasteiger partial charge in [0, 0.05) is 0 Å². The molecule has 3 heteroatoms. The zero-order valence-corrected chi connectivity index (χ0v) is 9.44. The van der Waals surface area contributed by atoms with Gasteiger partial charge in [-0.15, -0.1) is 0 Å². The predicted octanol–water partition coefficient (Wildman–Crippen LogP) is 1.70. The lowest BCUT2D eigenvalue weighted by atomic mass is 10.4. The van der Waals surface area contributed by atoms with Crippen LogP contribution in [0.15, 0.2) is 0 Å². The molecule has 0 aromatic heterocycles. The molecule has 0 heterocycles. The largest absolute Gasteiger partial charge is 0.460 e. The SMILES string of the molecule is C[Si](C)O[SiH2]C1CCCC1. The molecule has 1 nitrogen and oxygen atoms in total. The minimum absolute atomic E-state index is 0.114. The van der Waals surface area contributed by atoms with E-state index in [-0.39, 0.29) is 18.8 Å². The van der Waals surface area contributed by atoms with Crippen molar-refractivity contribution in [3.8, 4) is 0 Å². The second-order valence-corrected chi connectivity index (χ2v) is 7.83. The van der Waals surface area contributed by atoms with Crippen molar-refractivity contribution in [1.82, 2.24) is 0 Å². The Morgan fingerprint density at radius 3 is 2.40 bits per heavy atom. The van der Waals surface area contributed by atoms with Crippen molar-refractivity contribution in [2.45, 2.75) is 44.3 Å². The van der Waals surface area contributed by atoms with Crippen LogP contribution in [0.5, 0.6) is 0 Å². The van der Waals surface area contributed by atoms with E-state index in [1.54, 1.807) is 0 Å². The molecule has 1 radical (unpaired) electrons. The summed E-state index contributed by atoms with van der Waals surface area (Å²) in [6.45, 7) is 4.49. The Hall–Kier alpha value is 0.394. The summed E-state index contributed by atoms with van der Waals surface area (Å²) in [6, 6.07) is 0. The lowest BCUT2D eigenvalue weighted by Crippen LogP contribution is -2.14. The molecule has 0 atom stereocenters. The first-order chi connectivity index (χ1) is 4.79. The molecule has 0 saturated heterocycles. The van der Waals surface area contributed by atoms with Crippen LogP contribution < -0.4 is 0 Å². The van der Waals surface area contributed by atoms with Gasteiger partial charge >= 0.3 is 0 Å². The fourth-order valence-corrected chi connectivity index (χ4v) is 4.65. The second kappa shape index (κ2) is 4.31. The molecular formula is C7H17OSi2. The van der Waals surface area contributed by atoms with Gasteiger partial charge in [0.15, 0.2) is 9.04 Å². The van der Waals surface area contributed by atoms with Gasteiger partial charge in [-0.25, -0.2) is 0 Å². The summed E-state index contributed by atoms with van der Waals surface area (Å²) in [4.78, 5) is 0. The first-order valence-electron chi connectivity index (χ1n) is 4.22. The Bertz CT molecular complexity index is 89.6. The van der Waals surface area contributed by atoms with Gasteiger partial charge in [-0.1, -0.05) is 25.7 Å². The Kier molecular flexibility index (Phi) is 3.66. The van der Waals surface area contributed by atoms with Crippen molar-refractivity contribution in [1.29, 1.82) is 0 Å². The topological polar surface area (TPSA) is 9.23 Å². The maximum Gasteiger partial charge on any atom is 0.190 e. The van der Waals surface area contributed by atoms with E-state index in [1.165, 1.54) is 25.7 Å². The fourth-order valence-electron chi connectivity index (χ4n) is 1.46. The molecule has 0 spiro atoms. The zero-order valence-electron chi connectivity index (χ0n) is 7.02. The molecule has 10 heavy (non-hydrogen) atoms. The second-order valence-electron chi connectivity index (χ2n) is 3.37. The van der Waals surface area contributed by atoms with E-state index in [0.29, 0.717) is 0 Å². The maximum atomic E-state index is 5.77. The highest BCUT2D eigenvalue weighted by molar-refractivity contribution is 6.56. The van der Waals surface area contributed by atoms with E-state index >= 15 is 0 Å². The molecule has 1 aliphatic rings. The van der Waals surface area contributed by atoms with Crippen LogP contribution in [-0.2, 0) is 4.12 Å². The number of hydrogen-bond acceptors (Lipinski definition) is 1. The third kappa shape index (κ3) is 2.99. The normalized spacial score (nSPS) is 21.9. The molecule has 0 amide bonds. The van der Waals surface area contributed by atoms with Crippen LogP contribution >= 0.6 is 0 Å². The molecule has 0 unspecified atom stereocenters. The molecule has 59 valence electrons. The van der Waals surface area contributed by atoms with Crippen LogP contribution in [0.4, 0.5) is 0 Å². The molecule has 1 fully saturated rings. The average molecular weight is 173 g/mol. The molecule has 1 rings (SSSR count). The summed E-state index contributed by atoms with van der Waals surface area (Å²) in [5.74, 6) is 0. The molecule has 0 aliphatic heterocycles. The predicted molar refractivity (Wildman–Crippen MR) is 49.3 cm³/mol. The summed E-state index contributed by atoms with van der Waals surface area (Å²) in [5.41, 5.74) is 1.04. The average Bonchev–Trinajstić information content (AvgIpc) is 2.34. The van der Waals surface area contributed by atoms with Crippen LogP contribution in [0.25, 0.3) is 0 Å². The van der Waals surface area contributed by atoms with Crippen molar-refractivity contribution in [3.63, 3.8) is 0 Å². The highest BCUT2D eigenvalue weighted by atomic mass is 28.3. The zero-order chi connectivity index (χ0) is 7.40. The Morgan fingerprint density at radius 2 is 1.90 bits per heavy atom. The Labute approximate surface area is 67.8 Å². The highest BCUT2D eigenvalue weighted by Gasteiger charge is 2.15. The smallest absolute Gasteiger partial charge is 0.190 e. The molecule has 1 saturated carbocycles. The highest BCUT2D eigenvalue weighted by Crippen LogP contribution is 2.29. The standard InChI is InChI=1S/C7H17OSi2/c1-10(2)8-9-7-5-3-4-6-7/h7H,3-6,9H2,1-2H3. The van der Waals surface area contributed by atoms with Crippen molar-refractivity contribution >= 4 is 18.8 Å². The van der Waals surface area contributed by atoms with Crippen LogP contribution in [0, 0.1) is 0 Å². The van der Waals surface area contributed by atoms with E-state index in [9.17, 15) is 0 Å². The van der Waals surface area contributed by atoms with E-state index in [2.05, 4.69) is 13.1 Å². The van der Waals surface area contributed by atoms with Gasteiger partial charge < -0.3 is 4.12 Å². The first kappa shape index (κ1) is 8.49. The summed E-state index contributed by atoms with van der Waals surface area (Å²) >= 11 is 0. The summed E-state index contributed by atoms with van der Waals surface area (Å²) < 4.78 is 5.77. The maximum absolute atomic E-state index is 5.77. The number of hydrogen-bond donors (Lipinski definition) is 0. The van der Waals surface area contributed by atoms with Gasteiger partial charge in [0.1, 0.15) is 9.76 Å². The van der Waals surface area contributed by atoms with E-state index in [1.807, 2.05) is 0 Å². The fraction of sp³-hybridized carbons (Fsp3) is 1.00. The third-order valence-electron chi connectivity index (χ3n) is 2.08. The van der Waals surface area contributed by atoms with E-state index in [4.69, 9.17) is 4.12 Å². The summed E-state index contributed by atoms with van der Waals surface area (Å²) in [6.07, 6.45) is 5.88. The Morgan fingerprint density at radius 1 is 1.30 bits per heavy atom. The van der Waals surface area contributed by atoms with Gasteiger partial charge in [-0.05, 0) is 18.6 Å². The van der Waals surface area contributed by atoms with Gasteiger partial charge in [-0.3, -0.25) is 0 Å². The van der Waals surface area contributed by atoms with Crippen molar-refractivity contribution < 1.29 is 4.12 Å². The van der Waals surface area contributed by atoms with Crippen LogP contribution in [0.1, 0.15) is 25.7 Å². The van der Waals surface area contributed by atoms with Crippen molar-refractivity contribution in [2.75, 3.05) is 0 Å². The quantitative estimate of drug-likeness (QED) is 0.590. The molecule has 0 aromatic rings. The molecule has 0 N–H and O–H groups in total. The lowest BCUT2D eigenvalue weighted by Gasteiger charge is -2.10. The Balaban J connectivity index is 2.01. The van der Waals surface area contributed by atoms with E-state index in [0.717, 1.165) is 5.54 Å². The van der Waals surface area contributed by atoms with Gasteiger partial charge in [0.2, 0.25) is 0 Å². The van der Waals surface area contributed by atoms with Gasteiger partial charge in [0.05, 0.1) is 0 Å². The minimum atomic E-state index is -0.360. The molecule has 1 aliphatic carbocycles. The van der Waals surface area contributed by atoms with Crippen molar-refractivity contribution in [2.24, 2.45) is 0 Å². The van der Waals surface area contributed by atoms with Gasteiger partial charge in [0.25, 0.3) is 0 Å². The molecule has 0 bridgehead atoms. The van der Waals surface area contributed by atoms with Gasteiger partial charge in [-0.2, -0.15) is 0 Å². The van der Waals surface area contributed by atoms with Crippen LogP contribution in [0.2, 0.25) is 18.6 Å². The number of rotatable bonds is 3. The van der Waals surface area contributed by atoms with Crippen LogP contribution in [-0.4, -0.2) is 18.8 Å². The molecular weight excluding hydrogens is 156 g/mol. The molecule has 0 aromatic carbocycles. The summed E-state index contributed by atoms with van der Waals surface area (Å²) in [5, 5.41) is 0.